The van der Waals surface area contributed by atoms with Crippen molar-refractivity contribution in [1.29, 1.82) is 0 Å². The molecule has 0 atom stereocenters. The molecule has 0 heterocycles. The van der Waals surface area contributed by atoms with Gasteiger partial charge in [-0.3, -0.25) is 14.4 Å². The van der Waals surface area contributed by atoms with Gasteiger partial charge in [0.15, 0.2) is 0 Å². The molecule has 0 spiro atoms. The second-order valence-corrected chi connectivity index (χ2v) is 6.07. The second kappa shape index (κ2) is 8.80. The minimum Gasteiger partial charge on any atom is -0.326 e. The lowest BCUT2D eigenvalue weighted by Gasteiger charge is -2.21. The Hall–Kier alpha value is -3.15. The molecule has 136 valence electrons. The number of hydrogen-bond acceptors (Lipinski definition) is 3. The summed E-state index contributed by atoms with van der Waals surface area (Å²) in [5, 5.41) is 5.45. The highest BCUT2D eigenvalue weighted by Gasteiger charge is 2.13. The van der Waals surface area contributed by atoms with Crippen molar-refractivity contribution in [3.05, 3.63) is 54.1 Å². The first-order valence-corrected chi connectivity index (χ1v) is 8.37. The smallest absolute Gasteiger partial charge is 0.226 e. The first-order chi connectivity index (χ1) is 12.3. The quantitative estimate of drug-likeness (QED) is 0.836. The SMILES string of the molecule is CC(=O)Nc1ccc(NC(=O)CCN(C(C)=O)c2cccc(C)c2)cc1. The monoisotopic (exact) mass is 353 g/mol. The number of nitrogens with zero attached hydrogens (tertiary/aromatic N) is 1. The molecule has 2 N–H and O–H groups in total. The average Bonchev–Trinajstić information content (AvgIpc) is 2.56. The Morgan fingerprint density at radius 3 is 2.08 bits per heavy atom. The Kier molecular flexibility index (Phi) is 6.49. The van der Waals surface area contributed by atoms with E-state index in [1.807, 2.05) is 31.2 Å². The van der Waals surface area contributed by atoms with Crippen LogP contribution in [0.5, 0.6) is 0 Å². The van der Waals surface area contributed by atoms with E-state index >= 15 is 0 Å². The predicted molar refractivity (Wildman–Crippen MR) is 103 cm³/mol. The topological polar surface area (TPSA) is 78.5 Å². The Bertz CT molecular complexity index is 800. The van der Waals surface area contributed by atoms with Crippen molar-refractivity contribution in [3.8, 4) is 0 Å². The molecule has 0 aromatic heterocycles. The summed E-state index contributed by atoms with van der Waals surface area (Å²) in [6.07, 6.45) is 0.182. The molecule has 0 fully saturated rings. The van der Waals surface area contributed by atoms with Gasteiger partial charge in [-0.1, -0.05) is 12.1 Å². The van der Waals surface area contributed by atoms with Gasteiger partial charge < -0.3 is 15.5 Å². The average molecular weight is 353 g/mol. The van der Waals surface area contributed by atoms with Crippen LogP contribution in [0.25, 0.3) is 0 Å². The van der Waals surface area contributed by atoms with Crippen LogP contribution < -0.4 is 15.5 Å². The molecule has 0 saturated heterocycles. The van der Waals surface area contributed by atoms with Crippen molar-refractivity contribution >= 4 is 34.8 Å². The molecule has 0 bridgehead atoms. The van der Waals surface area contributed by atoms with Gasteiger partial charge in [-0.25, -0.2) is 0 Å². The van der Waals surface area contributed by atoms with Gasteiger partial charge in [0.25, 0.3) is 0 Å². The van der Waals surface area contributed by atoms with E-state index in [1.165, 1.54) is 13.8 Å². The highest BCUT2D eigenvalue weighted by Crippen LogP contribution is 2.17. The molecule has 6 heteroatoms. The number of anilines is 3. The van der Waals surface area contributed by atoms with Gasteiger partial charge in [0.2, 0.25) is 17.7 Å². The first kappa shape index (κ1) is 19.2. The zero-order chi connectivity index (χ0) is 19.1. The Labute approximate surface area is 153 Å². The number of aryl methyl sites for hydroxylation is 1. The zero-order valence-corrected chi connectivity index (χ0v) is 15.2. The summed E-state index contributed by atoms with van der Waals surface area (Å²) in [4.78, 5) is 36.7. The van der Waals surface area contributed by atoms with Crippen LogP contribution in [0.1, 0.15) is 25.8 Å². The van der Waals surface area contributed by atoms with Crippen molar-refractivity contribution in [2.75, 3.05) is 22.1 Å². The van der Waals surface area contributed by atoms with Crippen LogP contribution >= 0.6 is 0 Å². The standard InChI is InChI=1S/C20H23N3O3/c1-14-5-4-6-19(13-14)23(16(3)25)12-11-20(26)22-18-9-7-17(8-10-18)21-15(2)24/h4-10,13H,11-12H2,1-3H3,(H,21,24)(H,22,26). The number of nitrogens with one attached hydrogen (secondary N) is 2. The molecule has 0 saturated carbocycles. The van der Waals surface area contributed by atoms with E-state index in [-0.39, 0.29) is 24.1 Å². The molecule has 2 aromatic carbocycles. The Balaban J connectivity index is 1.94. The van der Waals surface area contributed by atoms with Crippen LogP contribution in [-0.4, -0.2) is 24.3 Å². The molecule has 0 aliphatic rings. The maximum atomic E-state index is 12.2. The third kappa shape index (κ3) is 5.73. The van der Waals surface area contributed by atoms with E-state index in [0.717, 1.165) is 11.3 Å². The number of benzene rings is 2. The van der Waals surface area contributed by atoms with Crippen LogP contribution in [0.2, 0.25) is 0 Å². The third-order valence-corrected chi connectivity index (χ3v) is 3.74. The van der Waals surface area contributed by atoms with Crippen LogP contribution in [-0.2, 0) is 14.4 Å². The van der Waals surface area contributed by atoms with Crippen molar-refractivity contribution in [3.63, 3.8) is 0 Å². The normalized spacial score (nSPS) is 10.1. The van der Waals surface area contributed by atoms with E-state index < -0.39 is 0 Å². The molecule has 6 nitrogen and oxygen atoms in total. The van der Waals surface area contributed by atoms with Crippen LogP contribution in [0.4, 0.5) is 17.1 Å². The molecule has 0 aliphatic heterocycles. The molecule has 0 unspecified atom stereocenters. The van der Waals surface area contributed by atoms with Crippen molar-refractivity contribution in [2.24, 2.45) is 0 Å². The minimum absolute atomic E-state index is 0.108. The van der Waals surface area contributed by atoms with Crippen molar-refractivity contribution in [2.45, 2.75) is 27.2 Å². The van der Waals surface area contributed by atoms with Gasteiger partial charge in [-0.15, -0.1) is 0 Å². The molecule has 0 radical (unpaired) electrons. The number of amides is 3. The summed E-state index contributed by atoms with van der Waals surface area (Å²) in [6, 6.07) is 14.5. The lowest BCUT2D eigenvalue weighted by Crippen LogP contribution is -2.32. The van der Waals surface area contributed by atoms with Crippen LogP contribution in [0.3, 0.4) is 0 Å². The molecular formula is C20H23N3O3. The Morgan fingerprint density at radius 1 is 0.923 bits per heavy atom. The van der Waals surface area contributed by atoms with Gasteiger partial charge >= 0.3 is 0 Å². The van der Waals surface area contributed by atoms with Gasteiger partial charge in [0.1, 0.15) is 0 Å². The summed E-state index contributed by atoms with van der Waals surface area (Å²) in [5.41, 5.74) is 3.13. The van der Waals surface area contributed by atoms with Crippen molar-refractivity contribution in [1.82, 2.24) is 0 Å². The number of carbonyl (C=O) groups excluding carboxylic acids is 3. The zero-order valence-electron chi connectivity index (χ0n) is 15.2. The fraction of sp³-hybridized carbons (Fsp3) is 0.250. The lowest BCUT2D eigenvalue weighted by atomic mass is 10.2. The molecule has 26 heavy (non-hydrogen) atoms. The molecule has 0 aliphatic carbocycles. The maximum absolute atomic E-state index is 12.2. The molecule has 2 aromatic rings. The van der Waals surface area contributed by atoms with E-state index in [1.54, 1.807) is 29.2 Å². The second-order valence-electron chi connectivity index (χ2n) is 6.07. The number of carbonyl (C=O) groups is 3. The summed E-state index contributed by atoms with van der Waals surface area (Å²) in [5.74, 6) is -0.443. The summed E-state index contributed by atoms with van der Waals surface area (Å²) < 4.78 is 0. The number of rotatable bonds is 6. The maximum Gasteiger partial charge on any atom is 0.226 e. The highest BCUT2D eigenvalue weighted by molar-refractivity contribution is 5.95. The fourth-order valence-electron chi connectivity index (χ4n) is 2.54. The third-order valence-electron chi connectivity index (χ3n) is 3.74. The summed E-state index contributed by atoms with van der Waals surface area (Å²) in [6.45, 7) is 5.18. The van der Waals surface area contributed by atoms with E-state index in [4.69, 9.17) is 0 Å². The van der Waals surface area contributed by atoms with E-state index in [2.05, 4.69) is 10.6 Å². The summed E-state index contributed by atoms with van der Waals surface area (Å²) >= 11 is 0. The molecule has 3 amide bonds. The van der Waals surface area contributed by atoms with Gasteiger partial charge in [-0.05, 0) is 48.9 Å². The van der Waals surface area contributed by atoms with Crippen LogP contribution in [0.15, 0.2) is 48.5 Å². The lowest BCUT2D eigenvalue weighted by molar-refractivity contribution is -0.117. The van der Waals surface area contributed by atoms with E-state index in [0.29, 0.717) is 17.9 Å². The minimum atomic E-state index is -0.184. The fourth-order valence-corrected chi connectivity index (χ4v) is 2.54. The van der Waals surface area contributed by atoms with Gasteiger partial charge in [-0.2, -0.15) is 0 Å². The number of hydrogen-bond donors (Lipinski definition) is 2. The first-order valence-electron chi connectivity index (χ1n) is 8.37. The predicted octanol–water partition coefficient (Wildman–Crippen LogP) is 3.34. The van der Waals surface area contributed by atoms with Gasteiger partial charge in [0, 0.05) is 43.9 Å². The Morgan fingerprint density at radius 2 is 1.54 bits per heavy atom. The van der Waals surface area contributed by atoms with Crippen LogP contribution in [0, 0.1) is 6.92 Å². The van der Waals surface area contributed by atoms with E-state index in [9.17, 15) is 14.4 Å². The molecule has 2 rings (SSSR count). The highest BCUT2D eigenvalue weighted by atomic mass is 16.2. The van der Waals surface area contributed by atoms with Gasteiger partial charge in [0.05, 0.1) is 0 Å². The molecular weight excluding hydrogens is 330 g/mol. The van der Waals surface area contributed by atoms with Crippen molar-refractivity contribution < 1.29 is 14.4 Å². The summed E-state index contributed by atoms with van der Waals surface area (Å²) in [7, 11) is 0. The largest absolute Gasteiger partial charge is 0.326 e.